The number of nitrogens with zero attached hydrogens (tertiary/aromatic N) is 1. The summed E-state index contributed by atoms with van der Waals surface area (Å²) in [7, 11) is 0. The van der Waals surface area contributed by atoms with Gasteiger partial charge in [-0.15, -0.1) is 0 Å². The van der Waals surface area contributed by atoms with E-state index in [4.69, 9.17) is 5.73 Å². The molecular weight excluding hydrogens is 249 g/mol. The SMILES string of the molecule is Nc1ccc(CCCn2cc(F)c(=O)[nH]c2=O)cc1. The number of rotatable bonds is 4. The molecular formula is C13H14FN3O2. The van der Waals surface area contributed by atoms with E-state index in [-0.39, 0.29) is 0 Å². The molecule has 5 nitrogen and oxygen atoms in total. The van der Waals surface area contributed by atoms with E-state index in [1.54, 1.807) is 12.1 Å². The van der Waals surface area contributed by atoms with Crippen LogP contribution in [0.15, 0.2) is 40.1 Å². The van der Waals surface area contributed by atoms with Gasteiger partial charge in [-0.25, -0.2) is 4.79 Å². The molecule has 19 heavy (non-hydrogen) atoms. The highest BCUT2D eigenvalue weighted by molar-refractivity contribution is 5.39. The van der Waals surface area contributed by atoms with Gasteiger partial charge in [-0.3, -0.25) is 14.3 Å². The van der Waals surface area contributed by atoms with Gasteiger partial charge in [0.2, 0.25) is 5.82 Å². The van der Waals surface area contributed by atoms with Gasteiger partial charge < -0.3 is 5.73 Å². The summed E-state index contributed by atoms with van der Waals surface area (Å²) < 4.78 is 14.2. The Labute approximate surface area is 108 Å². The lowest BCUT2D eigenvalue weighted by Crippen LogP contribution is -2.31. The Bertz CT molecular complexity index is 674. The number of halogens is 1. The molecule has 0 atom stereocenters. The van der Waals surface area contributed by atoms with Crippen LogP contribution in [0.5, 0.6) is 0 Å². The average Bonchev–Trinajstić information content (AvgIpc) is 2.38. The van der Waals surface area contributed by atoms with E-state index in [1.165, 1.54) is 0 Å². The minimum atomic E-state index is -0.986. The molecule has 0 aliphatic carbocycles. The number of nitrogens with one attached hydrogen (secondary N) is 1. The fourth-order valence-electron chi connectivity index (χ4n) is 1.79. The average molecular weight is 263 g/mol. The number of benzene rings is 1. The van der Waals surface area contributed by atoms with Gasteiger partial charge in [0, 0.05) is 12.2 Å². The van der Waals surface area contributed by atoms with Crippen molar-refractivity contribution in [2.45, 2.75) is 19.4 Å². The van der Waals surface area contributed by atoms with Gasteiger partial charge in [0.15, 0.2) is 0 Å². The topological polar surface area (TPSA) is 80.9 Å². The van der Waals surface area contributed by atoms with Crippen molar-refractivity contribution in [3.63, 3.8) is 0 Å². The molecule has 3 N–H and O–H groups in total. The largest absolute Gasteiger partial charge is 0.399 e. The molecule has 0 bridgehead atoms. The van der Waals surface area contributed by atoms with E-state index in [1.807, 2.05) is 17.1 Å². The summed E-state index contributed by atoms with van der Waals surface area (Å²) in [4.78, 5) is 24.2. The molecule has 2 aromatic rings. The van der Waals surface area contributed by atoms with Gasteiger partial charge in [-0.1, -0.05) is 12.1 Å². The normalized spacial score (nSPS) is 10.6. The molecule has 0 amide bonds. The van der Waals surface area contributed by atoms with Crippen LogP contribution in [0.25, 0.3) is 0 Å². The maximum Gasteiger partial charge on any atom is 0.328 e. The van der Waals surface area contributed by atoms with Crippen molar-refractivity contribution in [3.05, 3.63) is 62.7 Å². The highest BCUT2D eigenvalue weighted by Gasteiger charge is 2.03. The number of nitrogens with two attached hydrogens (primary N) is 1. The van der Waals surface area contributed by atoms with Gasteiger partial charge in [-0.2, -0.15) is 4.39 Å². The summed E-state index contributed by atoms with van der Waals surface area (Å²) in [6.45, 7) is 0.344. The minimum absolute atomic E-state index is 0.344. The van der Waals surface area contributed by atoms with Gasteiger partial charge in [-0.05, 0) is 30.5 Å². The second kappa shape index (κ2) is 5.51. The fourth-order valence-corrected chi connectivity index (χ4v) is 1.79. The Morgan fingerprint density at radius 2 is 1.89 bits per heavy atom. The van der Waals surface area contributed by atoms with Crippen molar-refractivity contribution in [3.8, 4) is 0 Å². The van der Waals surface area contributed by atoms with Crippen molar-refractivity contribution in [1.29, 1.82) is 0 Å². The summed E-state index contributed by atoms with van der Waals surface area (Å²) in [5.74, 6) is -0.952. The zero-order chi connectivity index (χ0) is 13.8. The number of anilines is 1. The van der Waals surface area contributed by atoms with Crippen LogP contribution >= 0.6 is 0 Å². The molecule has 1 aromatic heterocycles. The van der Waals surface area contributed by atoms with E-state index in [9.17, 15) is 14.0 Å². The third kappa shape index (κ3) is 3.31. The lowest BCUT2D eigenvalue weighted by molar-refractivity contribution is 0.538. The van der Waals surface area contributed by atoms with Crippen molar-refractivity contribution in [1.82, 2.24) is 9.55 Å². The van der Waals surface area contributed by atoms with Crippen LogP contribution in [0.2, 0.25) is 0 Å². The van der Waals surface area contributed by atoms with Crippen molar-refractivity contribution in [2.24, 2.45) is 0 Å². The second-order valence-corrected chi connectivity index (χ2v) is 4.27. The molecule has 0 saturated heterocycles. The smallest absolute Gasteiger partial charge is 0.328 e. The number of hydrogen-bond donors (Lipinski definition) is 2. The molecule has 2 rings (SSSR count). The zero-order valence-electron chi connectivity index (χ0n) is 10.2. The van der Waals surface area contributed by atoms with Crippen LogP contribution in [0, 0.1) is 5.82 Å². The summed E-state index contributed by atoms with van der Waals surface area (Å²) in [5.41, 5.74) is 5.78. The summed E-state index contributed by atoms with van der Waals surface area (Å²) in [6, 6.07) is 7.43. The van der Waals surface area contributed by atoms with Crippen LogP contribution in [0.4, 0.5) is 10.1 Å². The Hall–Kier alpha value is -2.37. The van der Waals surface area contributed by atoms with Crippen LogP contribution in [0.1, 0.15) is 12.0 Å². The Morgan fingerprint density at radius 3 is 2.58 bits per heavy atom. The van der Waals surface area contributed by atoms with Gasteiger partial charge in [0.05, 0.1) is 6.20 Å². The zero-order valence-corrected chi connectivity index (χ0v) is 10.2. The highest BCUT2D eigenvalue weighted by atomic mass is 19.1. The van der Waals surface area contributed by atoms with Crippen LogP contribution in [0.3, 0.4) is 0 Å². The van der Waals surface area contributed by atoms with Crippen LogP contribution in [-0.2, 0) is 13.0 Å². The monoisotopic (exact) mass is 263 g/mol. The quantitative estimate of drug-likeness (QED) is 0.804. The van der Waals surface area contributed by atoms with E-state index >= 15 is 0 Å². The third-order valence-corrected chi connectivity index (χ3v) is 2.81. The van der Waals surface area contributed by atoms with E-state index in [0.29, 0.717) is 18.7 Å². The molecule has 0 radical (unpaired) electrons. The first-order valence-corrected chi connectivity index (χ1v) is 5.90. The molecule has 0 saturated carbocycles. The first-order chi connectivity index (χ1) is 9.06. The summed E-state index contributed by atoms with van der Waals surface area (Å²) in [5, 5.41) is 0. The number of aromatic amines is 1. The fraction of sp³-hybridized carbons (Fsp3) is 0.231. The number of H-pyrrole nitrogens is 1. The maximum absolute atomic E-state index is 13.0. The number of aryl methyl sites for hydroxylation is 2. The maximum atomic E-state index is 13.0. The van der Waals surface area contributed by atoms with E-state index in [2.05, 4.69) is 0 Å². The predicted octanol–water partition coefficient (Wildman–Crippen LogP) is 0.891. The molecule has 0 unspecified atom stereocenters. The lowest BCUT2D eigenvalue weighted by Gasteiger charge is -2.05. The molecule has 6 heteroatoms. The highest BCUT2D eigenvalue weighted by Crippen LogP contribution is 2.07. The third-order valence-electron chi connectivity index (χ3n) is 2.81. The molecule has 0 aliphatic rings. The summed E-state index contributed by atoms with van der Waals surface area (Å²) >= 11 is 0. The molecule has 1 aromatic carbocycles. The lowest BCUT2D eigenvalue weighted by atomic mass is 10.1. The van der Waals surface area contributed by atoms with Gasteiger partial charge >= 0.3 is 5.69 Å². The Kier molecular flexibility index (Phi) is 3.79. The Morgan fingerprint density at radius 1 is 1.21 bits per heavy atom. The first-order valence-electron chi connectivity index (χ1n) is 5.90. The van der Waals surface area contributed by atoms with Crippen LogP contribution in [-0.4, -0.2) is 9.55 Å². The van der Waals surface area contributed by atoms with Crippen LogP contribution < -0.4 is 17.0 Å². The number of aromatic nitrogens is 2. The summed E-state index contributed by atoms with van der Waals surface area (Å²) in [6.07, 6.45) is 2.34. The molecule has 0 fully saturated rings. The van der Waals surface area contributed by atoms with Crippen molar-refractivity contribution in [2.75, 3.05) is 5.73 Å². The number of hydrogen-bond acceptors (Lipinski definition) is 3. The van der Waals surface area contributed by atoms with Gasteiger partial charge in [0.1, 0.15) is 0 Å². The molecule has 1 heterocycles. The first kappa shape index (κ1) is 13.1. The standard InChI is InChI=1S/C13H14FN3O2/c14-11-8-17(13(19)16-12(11)18)7-1-2-9-3-5-10(15)6-4-9/h3-6,8H,1-2,7,15H2,(H,16,18,19). The molecule has 0 spiro atoms. The van der Waals surface area contributed by atoms with E-state index < -0.39 is 17.1 Å². The number of nitrogen functional groups attached to an aromatic ring is 1. The van der Waals surface area contributed by atoms with Crippen molar-refractivity contribution < 1.29 is 4.39 Å². The van der Waals surface area contributed by atoms with Crippen molar-refractivity contribution >= 4 is 5.69 Å². The molecule has 0 aliphatic heterocycles. The van der Waals surface area contributed by atoms with E-state index in [0.717, 1.165) is 22.7 Å². The second-order valence-electron chi connectivity index (χ2n) is 4.27. The van der Waals surface area contributed by atoms with Gasteiger partial charge in [0.25, 0.3) is 5.56 Å². The Balaban J connectivity index is 2.00. The minimum Gasteiger partial charge on any atom is -0.399 e. The molecule has 100 valence electrons. The predicted molar refractivity (Wildman–Crippen MR) is 70.5 cm³/mol.